The van der Waals surface area contributed by atoms with Crippen molar-refractivity contribution in [2.75, 3.05) is 0 Å². The van der Waals surface area contributed by atoms with Crippen molar-refractivity contribution in [2.24, 2.45) is 0 Å². The summed E-state index contributed by atoms with van der Waals surface area (Å²) in [6.07, 6.45) is 10.3. The van der Waals surface area contributed by atoms with Gasteiger partial charge in [0.05, 0.1) is 6.10 Å². The molecular formula is C14H26O4. The lowest BCUT2D eigenvalue weighted by Crippen LogP contribution is -2.14. The van der Waals surface area contributed by atoms with Gasteiger partial charge in [0, 0.05) is 13.3 Å². The van der Waals surface area contributed by atoms with E-state index in [0.29, 0.717) is 6.42 Å². The van der Waals surface area contributed by atoms with Crippen LogP contribution >= 0.6 is 0 Å². The summed E-state index contributed by atoms with van der Waals surface area (Å²) in [6, 6.07) is 0. The van der Waals surface area contributed by atoms with E-state index >= 15 is 0 Å². The van der Waals surface area contributed by atoms with Gasteiger partial charge in [-0.2, -0.15) is 4.89 Å². The van der Waals surface area contributed by atoms with Gasteiger partial charge in [0.2, 0.25) is 6.29 Å². The van der Waals surface area contributed by atoms with E-state index in [1.54, 1.807) is 0 Å². The Kier molecular flexibility index (Phi) is 8.01. The van der Waals surface area contributed by atoms with E-state index in [4.69, 9.17) is 14.5 Å². The molecule has 1 heterocycles. The number of esters is 1. The van der Waals surface area contributed by atoms with Gasteiger partial charge in [0.1, 0.15) is 0 Å². The molecular weight excluding hydrogens is 232 g/mol. The van der Waals surface area contributed by atoms with Crippen molar-refractivity contribution in [3.8, 4) is 0 Å². The number of carbonyl (C=O) groups is 1. The van der Waals surface area contributed by atoms with Gasteiger partial charge >= 0.3 is 5.97 Å². The smallest absolute Gasteiger partial charge is 0.305 e. The molecule has 1 aliphatic heterocycles. The number of unbranched alkanes of at least 4 members (excludes halogenated alkanes) is 6. The quantitative estimate of drug-likeness (QED) is 0.359. The van der Waals surface area contributed by atoms with E-state index < -0.39 is 6.29 Å². The highest BCUT2D eigenvalue weighted by molar-refractivity contribution is 5.66. The third-order valence-electron chi connectivity index (χ3n) is 3.18. The largest absolute Gasteiger partial charge is 0.433 e. The molecule has 0 radical (unpaired) electrons. The fraction of sp³-hybridized carbons (Fsp3) is 0.929. The SMILES string of the molecule is CCCCCCCCCC1CC(OC(C)=O)OO1. The van der Waals surface area contributed by atoms with Gasteiger partial charge in [0.15, 0.2) is 0 Å². The Hall–Kier alpha value is -0.610. The molecule has 0 aliphatic carbocycles. The normalized spacial score (nSPS) is 23.2. The summed E-state index contributed by atoms with van der Waals surface area (Å²) in [5.41, 5.74) is 0. The Labute approximate surface area is 110 Å². The number of hydrogen-bond donors (Lipinski definition) is 0. The summed E-state index contributed by atoms with van der Waals surface area (Å²) < 4.78 is 4.93. The van der Waals surface area contributed by atoms with Crippen molar-refractivity contribution < 1.29 is 19.3 Å². The molecule has 1 saturated heterocycles. The van der Waals surface area contributed by atoms with E-state index in [0.717, 1.165) is 12.8 Å². The second-order valence-electron chi connectivity index (χ2n) is 5.00. The van der Waals surface area contributed by atoms with Crippen LogP contribution in [0.15, 0.2) is 0 Å². The Morgan fingerprint density at radius 1 is 1.11 bits per heavy atom. The second-order valence-corrected chi connectivity index (χ2v) is 5.00. The van der Waals surface area contributed by atoms with Gasteiger partial charge in [0.25, 0.3) is 0 Å². The van der Waals surface area contributed by atoms with Gasteiger partial charge in [-0.15, -0.1) is 0 Å². The summed E-state index contributed by atoms with van der Waals surface area (Å²) in [7, 11) is 0. The Balaban J connectivity index is 1.92. The maximum Gasteiger partial charge on any atom is 0.305 e. The van der Waals surface area contributed by atoms with Crippen LogP contribution in [0.5, 0.6) is 0 Å². The molecule has 1 rings (SSSR count). The summed E-state index contributed by atoms with van der Waals surface area (Å²) in [4.78, 5) is 20.8. The van der Waals surface area contributed by atoms with Crippen LogP contribution in [-0.4, -0.2) is 18.4 Å². The van der Waals surface area contributed by atoms with E-state index in [9.17, 15) is 4.79 Å². The van der Waals surface area contributed by atoms with Crippen LogP contribution in [0.1, 0.15) is 71.6 Å². The van der Waals surface area contributed by atoms with Gasteiger partial charge in [-0.3, -0.25) is 4.79 Å². The number of carbonyl (C=O) groups excluding carboxylic acids is 1. The van der Waals surface area contributed by atoms with Crippen LogP contribution < -0.4 is 0 Å². The molecule has 2 atom stereocenters. The lowest BCUT2D eigenvalue weighted by molar-refractivity contribution is -0.335. The molecule has 1 fully saturated rings. The Bertz CT molecular complexity index is 230. The van der Waals surface area contributed by atoms with Crippen molar-refractivity contribution in [3.05, 3.63) is 0 Å². The molecule has 0 N–H and O–H groups in total. The molecule has 18 heavy (non-hydrogen) atoms. The van der Waals surface area contributed by atoms with Crippen molar-refractivity contribution in [1.29, 1.82) is 0 Å². The van der Waals surface area contributed by atoms with Crippen molar-refractivity contribution in [2.45, 2.75) is 84.0 Å². The lowest BCUT2D eigenvalue weighted by atomic mass is 10.1. The minimum atomic E-state index is -0.503. The molecule has 0 amide bonds. The highest BCUT2D eigenvalue weighted by atomic mass is 17.2. The van der Waals surface area contributed by atoms with Crippen LogP contribution in [0.25, 0.3) is 0 Å². The van der Waals surface area contributed by atoms with E-state index in [1.807, 2.05) is 0 Å². The molecule has 0 saturated carbocycles. The molecule has 0 aromatic heterocycles. The average molecular weight is 258 g/mol. The molecule has 4 heteroatoms. The molecule has 4 nitrogen and oxygen atoms in total. The first-order valence-electron chi connectivity index (χ1n) is 7.21. The van der Waals surface area contributed by atoms with Crippen LogP contribution in [-0.2, 0) is 19.3 Å². The number of ether oxygens (including phenoxy) is 1. The summed E-state index contributed by atoms with van der Waals surface area (Å²) >= 11 is 0. The average Bonchev–Trinajstić information content (AvgIpc) is 2.75. The molecule has 106 valence electrons. The molecule has 0 bridgehead atoms. The van der Waals surface area contributed by atoms with Gasteiger partial charge < -0.3 is 4.74 Å². The molecule has 0 aromatic rings. The first kappa shape index (κ1) is 15.4. The molecule has 0 aromatic carbocycles. The molecule has 1 aliphatic rings. The standard InChI is InChI=1S/C14H26O4/c1-3-4-5-6-7-8-9-10-13-11-14(18-17-13)16-12(2)15/h13-14H,3-11H2,1-2H3. The van der Waals surface area contributed by atoms with Gasteiger partial charge in [-0.1, -0.05) is 51.9 Å². The van der Waals surface area contributed by atoms with E-state index in [-0.39, 0.29) is 12.1 Å². The molecule has 0 spiro atoms. The van der Waals surface area contributed by atoms with E-state index in [2.05, 4.69) is 6.92 Å². The first-order chi connectivity index (χ1) is 8.72. The van der Waals surface area contributed by atoms with Crippen LogP contribution in [0.4, 0.5) is 0 Å². The van der Waals surface area contributed by atoms with Crippen molar-refractivity contribution in [3.63, 3.8) is 0 Å². The zero-order valence-corrected chi connectivity index (χ0v) is 11.7. The maximum absolute atomic E-state index is 10.7. The fourth-order valence-corrected chi connectivity index (χ4v) is 2.18. The van der Waals surface area contributed by atoms with Gasteiger partial charge in [-0.25, -0.2) is 4.89 Å². The third kappa shape index (κ3) is 6.97. The van der Waals surface area contributed by atoms with Crippen LogP contribution in [0, 0.1) is 0 Å². The summed E-state index contributed by atoms with van der Waals surface area (Å²) in [5, 5.41) is 0. The monoisotopic (exact) mass is 258 g/mol. The first-order valence-corrected chi connectivity index (χ1v) is 7.21. The fourth-order valence-electron chi connectivity index (χ4n) is 2.18. The summed E-state index contributed by atoms with van der Waals surface area (Å²) in [5.74, 6) is -0.319. The van der Waals surface area contributed by atoms with E-state index in [1.165, 1.54) is 45.4 Å². The highest BCUT2D eigenvalue weighted by Gasteiger charge is 2.29. The predicted octanol–water partition coefficient (Wildman–Crippen LogP) is 3.74. The number of rotatable bonds is 9. The zero-order chi connectivity index (χ0) is 13.2. The molecule has 2 unspecified atom stereocenters. The predicted molar refractivity (Wildman–Crippen MR) is 68.7 cm³/mol. The second kappa shape index (κ2) is 9.34. The maximum atomic E-state index is 10.7. The minimum absolute atomic E-state index is 0.0880. The van der Waals surface area contributed by atoms with Crippen LogP contribution in [0.3, 0.4) is 0 Å². The minimum Gasteiger partial charge on any atom is -0.433 e. The van der Waals surface area contributed by atoms with Crippen LogP contribution in [0.2, 0.25) is 0 Å². The van der Waals surface area contributed by atoms with Crippen molar-refractivity contribution in [1.82, 2.24) is 0 Å². The number of hydrogen-bond acceptors (Lipinski definition) is 4. The van der Waals surface area contributed by atoms with Crippen molar-refractivity contribution >= 4 is 5.97 Å². The van der Waals surface area contributed by atoms with Gasteiger partial charge in [-0.05, 0) is 6.42 Å². The lowest BCUT2D eigenvalue weighted by Gasteiger charge is -2.06. The Morgan fingerprint density at radius 2 is 1.78 bits per heavy atom. The zero-order valence-electron chi connectivity index (χ0n) is 11.7. The highest BCUT2D eigenvalue weighted by Crippen LogP contribution is 2.22. The third-order valence-corrected chi connectivity index (χ3v) is 3.18. The summed E-state index contributed by atoms with van der Waals surface area (Å²) in [6.45, 7) is 3.62. The topological polar surface area (TPSA) is 44.8 Å². The Morgan fingerprint density at radius 3 is 2.44 bits per heavy atom.